The Bertz CT molecular complexity index is 499. The van der Waals surface area contributed by atoms with E-state index in [9.17, 15) is 0 Å². The number of rotatable bonds is 9. The van der Waals surface area contributed by atoms with Crippen LogP contribution in [0.4, 0.5) is 0 Å². The van der Waals surface area contributed by atoms with Gasteiger partial charge in [-0.3, -0.25) is 4.99 Å². The average molecular weight is 348 g/mol. The minimum Gasteiger partial charge on any atom is -0.497 e. The predicted molar refractivity (Wildman–Crippen MR) is 103 cm³/mol. The van der Waals surface area contributed by atoms with Gasteiger partial charge in [-0.1, -0.05) is 6.42 Å². The van der Waals surface area contributed by atoms with Crippen molar-refractivity contribution in [2.24, 2.45) is 4.99 Å². The quantitative estimate of drug-likeness (QED) is 0.407. The van der Waals surface area contributed by atoms with E-state index in [1.165, 1.54) is 32.4 Å². The molecule has 0 saturated carbocycles. The fourth-order valence-electron chi connectivity index (χ4n) is 2.88. The van der Waals surface area contributed by atoms with Crippen molar-refractivity contribution in [2.75, 3.05) is 53.5 Å². The van der Waals surface area contributed by atoms with Crippen molar-refractivity contribution >= 4 is 5.96 Å². The van der Waals surface area contributed by atoms with Crippen molar-refractivity contribution in [1.29, 1.82) is 0 Å². The van der Waals surface area contributed by atoms with Gasteiger partial charge in [-0.05, 0) is 56.6 Å². The number of aliphatic imine (C=N–C) groups is 1. The van der Waals surface area contributed by atoms with Gasteiger partial charge in [-0.15, -0.1) is 0 Å². The van der Waals surface area contributed by atoms with Gasteiger partial charge in [0.1, 0.15) is 11.5 Å². The summed E-state index contributed by atoms with van der Waals surface area (Å²) in [5, 5.41) is 6.71. The molecule has 0 amide bonds. The molecule has 0 bridgehead atoms. The van der Waals surface area contributed by atoms with Crippen LogP contribution in [0.1, 0.15) is 25.7 Å². The molecule has 0 spiro atoms. The summed E-state index contributed by atoms with van der Waals surface area (Å²) in [6, 6.07) is 7.66. The van der Waals surface area contributed by atoms with E-state index < -0.39 is 0 Å². The van der Waals surface area contributed by atoms with E-state index in [0.29, 0.717) is 6.61 Å². The minimum absolute atomic E-state index is 0.671. The van der Waals surface area contributed by atoms with E-state index in [4.69, 9.17) is 9.47 Å². The predicted octanol–water partition coefficient (Wildman–Crippen LogP) is 2.11. The maximum absolute atomic E-state index is 5.72. The zero-order chi connectivity index (χ0) is 17.7. The van der Waals surface area contributed by atoms with Gasteiger partial charge in [-0.25, -0.2) is 0 Å². The molecule has 0 aliphatic carbocycles. The Morgan fingerprint density at radius 1 is 1.04 bits per heavy atom. The zero-order valence-corrected chi connectivity index (χ0v) is 15.6. The lowest BCUT2D eigenvalue weighted by Crippen LogP contribution is -2.43. The molecule has 1 aromatic rings. The molecule has 0 aromatic heterocycles. The first-order chi connectivity index (χ1) is 12.3. The molecule has 140 valence electrons. The average Bonchev–Trinajstić information content (AvgIpc) is 2.67. The fraction of sp³-hybridized carbons (Fsp3) is 0.632. The Balaban J connectivity index is 1.52. The Morgan fingerprint density at radius 3 is 2.40 bits per heavy atom. The van der Waals surface area contributed by atoms with Crippen LogP contribution in [-0.4, -0.2) is 64.3 Å². The van der Waals surface area contributed by atoms with E-state index in [1.54, 1.807) is 7.11 Å². The van der Waals surface area contributed by atoms with Gasteiger partial charge in [0.25, 0.3) is 0 Å². The first-order valence-electron chi connectivity index (χ1n) is 9.25. The summed E-state index contributed by atoms with van der Waals surface area (Å²) in [7, 11) is 3.47. The van der Waals surface area contributed by atoms with Gasteiger partial charge in [0.2, 0.25) is 0 Å². The molecule has 0 unspecified atom stereocenters. The van der Waals surface area contributed by atoms with Crippen LogP contribution < -0.4 is 20.1 Å². The van der Waals surface area contributed by atoms with Gasteiger partial charge < -0.3 is 25.0 Å². The van der Waals surface area contributed by atoms with Gasteiger partial charge >= 0.3 is 0 Å². The third-order valence-electron chi connectivity index (χ3n) is 4.33. The highest BCUT2D eigenvalue weighted by Crippen LogP contribution is 2.16. The second-order valence-electron chi connectivity index (χ2n) is 6.21. The number of piperidine rings is 1. The number of methoxy groups -OCH3 is 1. The monoisotopic (exact) mass is 348 g/mol. The molecule has 25 heavy (non-hydrogen) atoms. The lowest BCUT2D eigenvalue weighted by Gasteiger charge is -2.26. The third kappa shape index (κ3) is 7.65. The van der Waals surface area contributed by atoms with Gasteiger partial charge in [-0.2, -0.15) is 0 Å². The van der Waals surface area contributed by atoms with E-state index >= 15 is 0 Å². The van der Waals surface area contributed by atoms with Crippen molar-refractivity contribution < 1.29 is 9.47 Å². The summed E-state index contributed by atoms with van der Waals surface area (Å²) < 4.78 is 10.9. The van der Waals surface area contributed by atoms with Crippen molar-refractivity contribution in [3.8, 4) is 11.5 Å². The number of nitrogens with zero attached hydrogens (tertiary/aromatic N) is 2. The maximum atomic E-state index is 5.72. The smallest absolute Gasteiger partial charge is 0.191 e. The van der Waals surface area contributed by atoms with Crippen molar-refractivity contribution in [1.82, 2.24) is 15.5 Å². The van der Waals surface area contributed by atoms with Gasteiger partial charge in [0, 0.05) is 26.7 Å². The molecule has 0 atom stereocenters. The molecule has 1 fully saturated rings. The molecule has 1 aromatic carbocycles. The molecule has 1 heterocycles. The molecule has 1 aliphatic heterocycles. The number of hydrogen-bond donors (Lipinski definition) is 2. The zero-order valence-electron chi connectivity index (χ0n) is 15.6. The number of ether oxygens (including phenoxy) is 2. The SMILES string of the molecule is CN=C(NCCCOc1ccc(OC)cc1)NCCN1CCCCC1. The highest BCUT2D eigenvalue weighted by atomic mass is 16.5. The number of benzene rings is 1. The van der Waals surface area contributed by atoms with Crippen LogP contribution in [0.25, 0.3) is 0 Å². The molecule has 6 nitrogen and oxygen atoms in total. The molecule has 0 radical (unpaired) electrons. The molecule has 2 N–H and O–H groups in total. The Hall–Kier alpha value is -1.95. The fourth-order valence-corrected chi connectivity index (χ4v) is 2.88. The van der Waals surface area contributed by atoms with Gasteiger partial charge in [0.15, 0.2) is 5.96 Å². The highest BCUT2D eigenvalue weighted by Gasteiger charge is 2.09. The van der Waals surface area contributed by atoms with Crippen LogP contribution in [0.2, 0.25) is 0 Å². The summed E-state index contributed by atoms with van der Waals surface area (Å²) in [6.45, 7) is 5.99. The largest absolute Gasteiger partial charge is 0.497 e. The lowest BCUT2D eigenvalue weighted by molar-refractivity contribution is 0.232. The first-order valence-corrected chi connectivity index (χ1v) is 9.25. The van der Waals surface area contributed by atoms with E-state index in [-0.39, 0.29) is 0 Å². The van der Waals surface area contributed by atoms with Crippen molar-refractivity contribution in [3.63, 3.8) is 0 Å². The molecule has 1 saturated heterocycles. The second-order valence-corrected chi connectivity index (χ2v) is 6.21. The normalized spacial score (nSPS) is 15.7. The Kier molecular flexibility index (Phi) is 8.97. The number of likely N-dealkylation sites (tertiary alicyclic amines) is 1. The molecule has 6 heteroatoms. The summed E-state index contributed by atoms with van der Waals surface area (Å²) in [4.78, 5) is 6.79. The van der Waals surface area contributed by atoms with E-state index in [0.717, 1.165) is 43.5 Å². The molecular weight excluding hydrogens is 316 g/mol. The maximum Gasteiger partial charge on any atom is 0.191 e. The van der Waals surface area contributed by atoms with Crippen molar-refractivity contribution in [2.45, 2.75) is 25.7 Å². The topological polar surface area (TPSA) is 58.1 Å². The van der Waals surface area contributed by atoms with Crippen LogP contribution in [0.3, 0.4) is 0 Å². The minimum atomic E-state index is 0.671. The van der Waals surface area contributed by atoms with Crippen LogP contribution in [0.5, 0.6) is 11.5 Å². The summed E-state index contributed by atoms with van der Waals surface area (Å²) in [5.74, 6) is 2.57. The number of nitrogens with one attached hydrogen (secondary N) is 2. The number of guanidine groups is 1. The standard InChI is InChI=1S/C19H32N4O2/c1-20-19(22-12-15-23-13-4-3-5-14-23)21-11-6-16-25-18-9-7-17(24-2)8-10-18/h7-10H,3-6,11-16H2,1-2H3,(H2,20,21,22). The van der Waals surface area contributed by atoms with Gasteiger partial charge in [0.05, 0.1) is 13.7 Å². The highest BCUT2D eigenvalue weighted by molar-refractivity contribution is 5.79. The summed E-state index contributed by atoms with van der Waals surface area (Å²) in [5.41, 5.74) is 0. The summed E-state index contributed by atoms with van der Waals surface area (Å²) in [6.07, 6.45) is 4.97. The van der Waals surface area contributed by atoms with Crippen LogP contribution in [-0.2, 0) is 0 Å². The Morgan fingerprint density at radius 2 is 1.72 bits per heavy atom. The first kappa shape index (κ1) is 19.4. The Labute approximate surface area is 151 Å². The van der Waals surface area contributed by atoms with Crippen LogP contribution in [0, 0.1) is 0 Å². The van der Waals surface area contributed by atoms with Crippen molar-refractivity contribution in [3.05, 3.63) is 24.3 Å². The van der Waals surface area contributed by atoms with E-state index in [1.807, 2.05) is 31.3 Å². The summed E-state index contributed by atoms with van der Waals surface area (Å²) >= 11 is 0. The van der Waals surface area contributed by atoms with E-state index in [2.05, 4.69) is 20.5 Å². The lowest BCUT2D eigenvalue weighted by atomic mass is 10.1. The number of hydrogen-bond acceptors (Lipinski definition) is 4. The molecule has 2 rings (SSSR count). The molecule has 1 aliphatic rings. The molecular formula is C19H32N4O2. The second kappa shape index (κ2) is 11.6. The third-order valence-corrected chi connectivity index (χ3v) is 4.33. The van der Waals surface area contributed by atoms with Crippen LogP contribution in [0.15, 0.2) is 29.3 Å². The van der Waals surface area contributed by atoms with Crippen LogP contribution >= 0.6 is 0 Å².